The lowest BCUT2D eigenvalue weighted by atomic mass is 10.1. The second-order valence-corrected chi connectivity index (χ2v) is 3.90. The van der Waals surface area contributed by atoms with Crippen LogP contribution >= 0.6 is 0 Å². The summed E-state index contributed by atoms with van der Waals surface area (Å²) in [6.07, 6.45) is 13.4. The number of ether oxygens (including phenoxy) is 1. The first-order valence-electron chi connectivity index (χ1n) is 6.15. The van der Waals surface area contributed by atoms with E-state index in [1.54, 1.807) is 0 Å². The number of hydrogen-bond donors (Lipinski definition) is 0. The summed E-state index contributed by atoms with van der Waals surface area (Å²) >= 11 is 0. The predicted octanol–water partition coefficient (Wildman–Crippen LogP) is 4.02. The molecule has 0 amide bonds. The Bertz CT molecular complexity index is 229. The highest BCUT2D eigenvalue weighted by atomic mass is 16.5. The van der Waals surface area contributed by atoms with Crippen LogP contribution in [0.25, 0.3) is 0 Å². The van der Waals surface area contributed by atoms with Crippen molar-refractivity contribution in [2.45, 2.75) is 59.0 Å². The average Bonchev–Trinajstić information content (AvgIpc) is 2.24. The molecule has 0 radical (unpaired) electrons. The maximum Gasteiger partial charge on any atom is 0.302 e. The maximum absolute atomic E-state index is 10.9. The van der Waals surface area contributed by atoms with Crippen molar-refractivity contribution >= 4 is 5.97 Å². The zero-order valence-electron chi connectivity index (χ0n) is 10.7. The molecule has 0 spiro atoms. The highest BCUT2D eigenvalue weighted by Gasteiger charge is 2.09. The van der Waals surface area contributed by atoms with Gasteiger partial charge in [0.1, 0.15) is 6.10 Å². The molecule has 1 atom stereocenters. The molecule has 0 N–H and O–H groups in total. The molecule has 0 rings (SSSR count). The molecule has 0 aliphatic rings. The van der Waals surface area contributed by atoms with Gasteiger partial charge in [-0.15, -0.1) is 0 Å². The molecule has 0 fully saturated rings. The van der Waals surface area contributed by atoms with Gasteiger partial charge in [0.2, 0.25) is 0 Å². The van der Waals surface area contributed by atoms with Gasteiger partial charge in [-0.1, -0.05) is 44.1 Å². The largest absolute Gasteiger partial charge is 0.463 e. The van der Waals surface area contributed by atoms with Gasteiger partial charge >= 0.3 is 5.97 Å². The average molecular weight is 224 g/mol. The molecule has 0 aromatic carbocycles. The molecule has 2 nitrogen and oxygen atoms in total. The van der Waals surface area contributed by atoms with E-state index < -0.39 is 0 Å². The Hall–Kier alpha value is -1.05. The van der Waals surface area contributed by atoms with E-state index in [0.717, 1.165) is 32.1 Å². The van der Waals surface area contributed by atoms with E-state index in [0.29, 0.717) is 0 Å². The Morgan fingerprint density at radius 2 is 2.06 bits per heavy atom. The Labute approximate surface area is 99.4 Å². The summed E-state index contributed by atoms with van der Waals surface area (Å²) in [7, 11) is 0. The number of esters is 1. The Morgan fingerprint density at radius 3 is 2.62 bits per heavy atom. The molecule has 0 saturated heterocycles. The van der Waals surface area contributed by atoms with E-state index in [9.17, 15) is 4.79 Å². The van der Waals surface area contributed by atoms with Gasteiger partial charge in [0.25, 0.3) is 0 Å². The second kappa shape index (κ2) is 10.5. The first-order valence-corrected chi connectivity index (χ1v) is 6.15. The van der Waals surface area contributed by atoms with Crippen molar-refractivity contribution in [3.05, 3.63) is 24.3 Å². The molecular formula is C14H24O2. The van der Waals surface area contributed by atoms with E-state index in [1.807, 2.05) is 25.2 Å². The minimum absolute atomic E-state index is 0.0905. The third-order valence-corrected chi connectivity index (χ3v) is 2.31. The molecule has 0 aromatic rings. The van der Waals surface area contributed by atoms with Gasteiger partial charge in [-0.05, 0) is 26.2 Å². The van der Waals surface area contributed by atoms with E-state index in [1.165, 1.54) is 6.92 Å². The highest BCUT2D eigenvalue weighted by Crippen LogP contribution is 2.11. The summed E-state index contributed by atoms with van der Waals surface area (Å²) in [5, 5.41) is 0. The van der Waals surface area contributed by atoms with Crippen molar-refractivity contribution in [1.82, 2.24) is 0 Å². The molecule has 16 heavy (non-hydrogen) atoms. The van der Waals surface area contributed by atoms with Gasteiger partial charge in [0, 0.05) is 6.92 Å². The lowest BCUT2D eigenvalue weighted by Gasteiger charge is -2.15. The summed E-state index contributed by atoms with van der Waals surface area (Å²) in [5.74, 6) is -0.168. The molecule has 0 bridgehead atoms. The summed E-state index contributed by atoms with van der Waals surface area (Å²) in [6.45, 7) is 5.62. The Morgan fingerprint density at radius 1 is 1.31 bits per heavy atom. The lowest BCUT2D eigenvalue weighted by molar-refractivity contribution is -0.146. The number of allylic oxidation sites excluding steroid dienone is 4. The van der Waals surface area contributed by atoms with Crippen molar-refractivity contribution < 1.29 is 9.53 Å². The SMILES string of the molecule is CC=CC=CCCC(CCCC)OC(C)=O. The first kappa shape index (κ1) is 14.9. The zero-order chi connectivity index (χ0) is 12.2. The summed E-state index contributed by atoms with van der Waals surface area (Å²) in [6, 6.07) is 0. The van der Waals surface area contributed by atoms with Crippen molar-refractivity contribution in [3.63, 3.8) is 0 Å². The van der Waals surface area contributed by atoms with Gasteiger partial charge in [-0.25, -0.2) is 0 Å². The van der Waals surface area contributed by atoms with E-state index >= 15 is 0 Å². The Kier molecular flexibility index (Phi) is 9.78. The van der Waals surface area contributed by atoms with Crippen LogP contribution in [-0.4, -0.2) is 12.1 Å². The number of hydrogen-bond acceptors (Lipinski definition) is 2. The highest BCUT2D eigenvalue weighted by molar-refractivity contribution is 5.66. The van der Waals surface area contributed by atoms with Crippen molar-refractivity contribution in [1.29, 1.82) is 0 Å². The molecule has 0 aromatic heterocycles. The smallest absolute Gasteiger partial charge is 0.302 e. The number of unbranched alkanes of at least 4 members (excludes halogenated alkanes) is 1. The summed E-state index contributed by atoms with van der Waals surface area (Å²) in [4.78, 5) is 10.9. The van der Waals surface area contributed by atoms with Crippen LogP contribution in [0, 0.1) is 0 Å². The van der Waals surface area contributed by atoms with Gasteiger partial charge in [0.05, 0.1) is 0 Å². The monoisotopic (exact) mass is 224 g/mol. The molecule has 0 heterocycles. The van der Waals surface area contributed by atoms with Crippen molar-refractivity contribution in [2.75, 3.05) is 0 Å². The van der Waals surface area contributed by atoms with Crippen molar-refractivity contribution in [3.8, 4) is 0 Å². The van der Waals surface area contributed by atoms with Crippen LogP contribution in [0.4, 0.5) is 0 Å². The standard InChI is InChI=1S/C14H24O2/c1-4-6-8-9-10-12-14(11-7-5-2)16-13(3)15/h4,6,8-9,14H,5,7,10-12H2,1-3H3. The van der Waals surface area contributed by atoms with Gasteiger partial charge in [-0.3, -0.25) is 4.79 Å². The fourth-order valence-electron chi connectivity index (χ4n) is 1.50. The van der Waals surface area contributed by atoms with Crippen LogP contribution in [0.5, 0.6) is 0 Å². The lowest BCUT2D eigenvalue weighted by Crippen LogP contribution is -2.15. The molecule has 0 aliphatic heterocycles. The topological polar surface area (TPSA) is 26.3 Å². The number of carbonyl (C=O) groups is 1. The van der Waals surface area contributed by atoms with Gasteiger partial charge in [0.15, 0.2) is 0 Å². The molecule has 92 valence electrons. The van der Waals surface area contributed by atoms with E-state index in [-0.39, 0.29) is 12.1 Å². The fraction of sp³-hybridized carbons (Fsp3) is 0.643. The second-order valence-electron chi connectivity index (χ2n) is 3.90. The third-order valence-electron chi connectivity index (χ3n) is 2.31. The maximum atomic E-state index is 10.9. The quantitative estimate of drug-likeness (QED) is 0.460. The minimum Gasteiger partial charge on any atom is -0.463 e. The summed E-state index contributed by atoms with van der Waals surface area (Å²) in [5.41, 5.74) is 0. The summed E-state index contributed by atoms with van der Waals surface area (Å²) < 4.78 is 5.27. The van der Waals surface area contributed by atoms with Crippen LogP contribution in [-0.2, 0) is 9.53 Å². The molecule has 1 unspecified atom stereocenters. The van der Waals surface area contributed by atoms with E-state index in [2.05, 4.69) is 13.0 Å². The molecule has 2 heteroatoms. The first-order chi connectivity index (χ1) is 7.70. The molecule has 0 saturated carbocycles. The van der Waals surface area contributed by atoms with Crippen LogP contribution in [0.1, 0.15) is 52.9 Å². The van der Waals surface area contributed by atoms with Crippen LogP contribution in [0.2, 0.25) is 0 Å². The minimum atomic E-state index is -0.168. The van der Waals surface area contributed by atoms with E-state index in [4.69, 9.17) is 4.74 Å². The van der Waals surface area contributed by atoms with Crippen LogP contribution in [0.3, 0.4) is 0 Å². The molecule has 0 aliphatic carbocycles. The van der Waals surface area contributed by atoms with Gasteiger partial charge < -0.3 is 4.74 Å². The fourth-order valence-corrected chi connectivity index (χ4v) is 1.50. The zero-order valence-corrected chi connectivity index (χ0v) is 10.7. The predicted molar refractivity (Wildman–Crippen MR) is 68.3 cm³/mol. The Balaban J connectivity index is 3.85. The van der Waals surface area contributed by atoms with Crippen molar-refractivity contribution in [2.24, 2.45) is 0 Å². The normalized spacial score (nSPS) is 13.4. The number of carbonyl (C=O) groups excluding carboxylic acids is 1. The molecular weight excluding hydrogens is 200 g/mol. The third kappa shape index (κ3) is 9.50. The van der Waals surface area contributed by atoms with Crippen LogP contribution in [0.15, 0.2) is 24.3 Å². The van der Waals surface area contributed by atoms with Gasteiger partial charge in [-0.2, -0.15) is 0 Å². The number of rotatable bonds is 8. The van der Waals surface area contributed by atoms with Crippen LogP contribution < -0.4 is 0 Å².